The van der Waals surface area contributed by atoms with Gasteiger partial charge in [0.1, 0.15) is 29.6 Å². The highest BCUT2D eigenvalue weighted by atomic mass is 16.3. The first-order valence-electron chi connectivity index (χ1n) is 10.5. The topological polar surface area (TPSA) is 167 Å². The molecule has 0 radical (unpaired) electrons. The van der Waals surface area contributed by atoms with E-state index in [9.17, 15) is 10.1 Å². The first-order valence-corrected chi connectivity index (χ1v) is 10.5. The number of aryl methyl sites for hydroxylation is 1. The summed E-state index contributed by atoms with van der Waals surface area (Å²) in [5.74, 6) is 0.549. The molecule has 0 bridgehead atoms. The Kier molecular flexibility index (Phi) is 6.33. The van der Waals surface area contributed by atoms with E-state index in [1.54, 1.807) is 16.6 Å². The van der Waals surface area contributed by atoms with Gasteiger partial charge in [-0.15, -0.1) is 0 Å². The van der Waals surface area contributed by atoms with Gasteiger partial charge >= 0.3 is 0 Å². The highest BCUT2D eigenvalue weighted by Crippen LogP contribution is 2.27. The second-order valence-electron chi connectivity index (χ2n) is 7.68. The van der Waals surface area contributed by atoms with Gasteiger partial charge in [0, 0.05) is 23.9 Å². The Labute approximate surface area is 195 Å². The maximum Gasteiger partial charge on any atom is 0.251 e. The standard InChI is InChI=1S/C23H23N9O2/c1-13-8-15(10-16(9-13)23(34)26-5-7-33)19-18-4-3-6-32(18)31-21(30-19)14(2)29-22-17(11-24)20(25)27-12-28-22/h3-4,6,8-10,12,14,33H,5,7H2,1-2H3,(H,26,34)(H3,25,27,28,29)/t14-/m0/s1. The zero-order valence-corrected chi connectivity index (χ0v) is 18.6. The monoisotopic (exact) mass is 457 g/mol. The summed E-state index contributed by atoms with van der Waals surface area (Å²) in [7, 11) is 0. The predicted octanol–water partition coefficient (Wildman–Crippen LogP) is 1.84. The van der Waals surface area contributed by atoms with Crippen LogP contribution < -0.4 is 16.4 Å². The van der Waals surface area contributed by atoms with Gasteiger partial charge in [-0.2, -0.15) is 10.4 Å². The third-order valence-corrected chi connectivity index (χ3v) is 5.15. The van der Waals surface area contributed by atoms with Crippen LogP contribution in [0.1, 0.15) is 40.3 Å². The zero-order chi connectivity index (χ0) is 24.2. The van der Waals surface area contributed by atoms with Crippen LogP contribution in [-0.4, -0.2) is 48.7 Å². The number of nitrogens with one attached hydrogen (secondary N) is 2. The number of carbonyl (C=O) groups excluding carboxylic acids is 1. The molecule has 0 saturated carbocycles. The van der Waals surface area contributed by atoms with Gasteiger partial charge in [0.15, 0.2) is 5.82 Å². The van der Waals surface area contributed by atoms with Gasteiger partial charge in [-0.1, -0.05) is 0 Å². The Morgan fingerprint density at radius 2 is 2.15 bits per heavy atom. The van der Waals surface area contributed by atoms with E-state index in [4.69, 9.17) is 15.8 Å². The summed E-state index contributed by atoms with van der Waals surface area (Å²) in [6.07, 6.45) is 3.09. The van der Waals surface area contributed by atoms with Gasteiger partial charge in [-0.25, -0.2) is 19.5 Å². The third kappa shape index (κ3) is 4.48. The molecule has 172 valence electrons. The van der Waals surface area contributed by atoms with Crippen molar-refractivity contribution < 1.29 is 9.90 Å². The summed E-state index contributed by atoms with van der Waals surface area (Å²) in [6, 6.07) is 10.8. The number of aliphatic hydroxyl groups excluding tert-OH is 1. The number of rotatable bonds is 7. The van der Waals surface area contributed by atoms with Crippen LogP contribution in [0.2, 0.25) is 0 Å². The lowest BCUT2D eigenvalue weighted by molar-refractivity contribution is 0.0944. The van der Waals surface area contributed by atoms with Crippen molar-refractivity contribution in [3.05, 3.63) is 65.4 Å². The third-order valence-electron chi connectivity index (χ3n) is 5.15. The van der Waals surface area contributed by atoms with Crippen molar-refractivity contribution in [2.24, 2.45) is 0 Å². The highest BCUT2D eigenvalue weighted by molar-refractivity contribution is 5.96. The van der Waals surface area contributed by atoms with Crippen LogP contribution in [0.5, 0.6) is 0 Å². The van der Waals surface area contributed by atoms with E-state index in [1.807, 2.05) is 44.3 Å². The Balaban J connectivity index is 1.76. The van der Waals surface area contributed by atoms with Gasteiger partial charge in [-0.05, 0) is 49.7 Å². The molecule has 1 aromatic carbocycles. The lowest BCUT2D eigenvalue weighted by atomic mass is 10.0. The lowest BCUT2D eigenvalue weighted by Crippen LogP contribution is -2.26. The van der Waals surface area contributed by atoms with Gasteiger partial charge in [-0.3, -0.25) is 4.79 Å². The number of anilines is 2. The van der Waals surface area contributed by atoms with Crippen molar-refractivity contribution >= 4 is 23.1 Å². The number of aliphatic hydroxyl groups is 1. The maximum absolute atomic E-state index is 12.5. The number of carbonyl (C=O) groups is 1. The van der Waals surface area contributed by atoms with Gasteiger partial charge in [0.2, 0.25) is 0 Å². The van der Waals surface area contributed by atoms with Crippen LogP contribution >= 0.6 is 0 Å². The average Bonchev–Trinajstić information content (AvgIpc) is 3.30. The molecule has 0 aliphatic heterocycles. The minimum atomic E-state index is -0.427. The van der Waals surface area contributed by atoms with Gasteiger partial charge < -0.3 is 21.5 Å². The fourth-order valence-electron chi connectivity index (χ4n) is 3.56. The summed E-state index contributed by atoms with van der Waals surface area (Å²) in [5, 5.41) is 28.8. The maximum atomic E-state index is 12.5. The molecule has 34 heavy (non-hydrogen) atoms. The highest BCUT2D eigenvalue weighted by Gasteiger charge is 2.19. The number of benzene rings is 1. The summed E-state index contributed by atoms with van der Waals surface area (Å²) in [5.41, 5.74) is 9.46. The smallest absolute Gasteiger partial charge is 0.251 e. The summed E-state index contributed by atoms with van der Waals surface area (Å²) in [4.78, 5) is 25.3. The van der Waals surface area contributed by atoms with E-state index >= 15 is 0 Å². The quantitative estimate of drug-likeness (QED) is 0.324. The van der Waals surface area contributed by atoms with Crippen LogP contribution in [0.4, 0.5) is 11.6 Å². The normalized spacial score (nSPS) is 11.7. The number of hydrogen-bond acceptors (Lipinski definition) is 9. The van der Waals surface area contributed by atoms with Crippen molar-refractivity contribution in [2.75, 3.05) is 24.2 Å². The molecule has 0 fully saturated rings. The van der Waals surface area contributed by atoms with E-state index in [-0.39, 0.29) is 30.4 Å². The number of fused-ring (bicyclic) bond motifs is 1. The zero-order valence-electron chi connectivity index (χ0n) is 18.6. The molecule has 4 rings (SSSR count). The van der Waals surface area contributed by atoms with E-state index < -0.39 is 6.04 Å². The Hall–Kier alpha value is -4.56. The molecule has 11 heteroatoms. The molecule has 3 aromatic heterocycles. The minimum absolute atomic E-state index is 0.0847. The number of hydrogen-bond donors (Lipinski definition) is 4. The second-order valence-corrected chi connectivity index (χ2v) is 7.68. The van der Waals surface area contributed by atoms with Crippen molar-refractivity contribution in [3.63, 3.8) is 0 Å². The lowest BCUT2D eigenvalue weighted by Gasteiger charge is -2.16. The van der Waals surface area contributed by atoms with Crippen molar-refractivity contribution in [1.82, 2.24) is 29.9 Å². The van der Waals surface area contributed by atoms with Gasteiger partial charge in [0.25, 0.3) is 5.91 Å². The summed E-state index contributed by atoms with van der Waals surface area (Å²) < 4.78 is 1.71. The van der Waals surface area contributed by atoms with E-state index in [0.717, 1.165) is 16.6 Å². The van der Waals surface area contributed by atoms with Gasteiger partial charge in [0.05, 0.1) is 23.9 Å². The van der Waals surface area contributed by atoms with Crippen molar-refractivity contribution in [1.29, 1.82) is 5.26 Å². The van der Waals surface area contributed by atoms with Crippen LogP contribution in [0, 0.1) is 18.3 Å². The largest absolute Gasteiger partial charge is 0.395 e. The number of nitrogen functional groups attached to an aromatic ring is 1. The average molecular weight is 457 g/mol. The first-order chi connectivity index (χ1) is 16.4. The number of aromatic nitrogens is 5. The first kappa shape index (κ1) is 22.6. The molecule has 0 spiro atoms. The fourth-order valence-corrected chi connectivity index (χ4v) is 3.56. The minimum Gasteiger partial charge on any atom is -0.395 e. The molecule has 11 nitrogen and oxygen atoms in total. The number of amides is 1. The van der Waals surface area contributed by atoms with E-state index in [1.165, 1.54) is 6.33 Å². The Morgan fingerprint density at radius 1 is 1.32 bits per heavy atom. The summed E-state index contributed by atoms with van der Waals surface area (Å²) >= 11 is 0. The molecule has 0 aliphatic carbocycles. The van der Waals surface area contributed by atoms with Crippen molar-refractivity contribution in [3.8, 4) is 17.3 Å². The van der Waals surface area contributed by atoms with E-state index in [2.05, 4.69) is 25.7 Å². The SMILES string of the molecule is Cc1cc(C(=O)NCCO)cc(-c2nc([C@H](C)Nc3ncnc(N)c3C#N)nn3cccc23)c1. The predicted molar refractivity (Wildman–Crippen MR) is 126 cm³/mol. The summed E-state index contributed by atoms with van der Waals surface area (Å²) in [6.45, 7) is 3.78. The van der Waals surface area contributed by atoms with Crippen LogP contribution in [0.25, 0.3) is 16.8 Å². The molecule has 5 N–H and O–H groups in total. The molecule has 1 amide bonds. The number of nitrogens with two attached hydrogens (primary N) is 1. The van der Waals surface area contributed by atoms with Crippen LogP contribution in [-0.2, 0) is 0 Å². The molecule has 0 saturated heterocycles. The number of nitrogens with zero attached hydrogens (tertiary/aromatic N) is 6. The Bertz CT molecular complexity index is 1410. The molecule has 0 unspecified atom stereocenters. The molecular formula is C23H23N9O2. The molecule has 4 aromatic rings. The van der Waals surface area contributed by atoms with Crippen LogP contribution in [0.3, 0.4) is 0 Å². The van der Waals surface area contributed by atoms with Crippen molar-refractivity contribution in [2.45, 2.75) is 19.9 Å². The Morgan fingerprint density at radius 3 is 2.91 bits per heavy atom. The molecule has 1 atom stereocenters. The van der Waals surface area contributed by atoms with E-state index in [0.29, 0.717) is 22.9 Å². The molecule has 0 aliphatic rings. The fraction of sp³-hybridized carbons (Fsp3) is 0.217. The molecular weight excluding hydrogens is 434 g/mol. The second kappa shape index (κ2) is 9.51. The molecule has 3 heterocycles. The van der Waals surface area contributed by atoms with Crippen LogP contribution in [0.15, 0.2) is 42.9 Å². The number of nitriles is 1.